The molecular formula is C19H33FN2O2. The molecule has 0 heterocycles. The lowest BCUT2D eigenvalue weighted by Crippen LogP contribution is -2.25. The van der Waals surface area contributed by atoms with Crippen LogP contribution in [0.25, 0.3) is 0 Å². The van der Waals surface area contributed by atoms with Crippen LogP contribution in [0.15, 0.2) is 29.3 Å². The van der Waals surface area contributed by atoms with Crippen molar-refractivity contribution in [3.05, 3.63) is 35.6 Å². The minimum absolute atomic E-state index is 0.0185. The van der Waals surface area contributed by atoms with Gasteiger partial charge in [-0.3, -0.25) is 4.99 Å². The Morgan fingerprint density at radius 2 is 1.54 bits per heavy atom. The Morgan fingerprint density at radius 1 is 1.00 bits per heavy atom. The van der Waals surface area contributed by atoms with Gasteiger partial charge in [0, 0.05) is 12.3 Å². The smallest absolute Gasteiger partial charge is 0.123 e. The number of rotatable bonds is 8. The lowest BCUT2D eigenvalue weighted by atomic mass is 10.1. The first-order chi connectivity index (χ1) is 11.3. The summed E-state index contributed by atoms with van der Waals surface area (Å²) >= 11 is 0. The van der Waals surface area contributed by atoms with Crippen LogP contribution < -0.4 is 5.73 Å². The molecule has 0 saturated heterocycles. The number of nitrogens with two attached hydrogens (primary N) is 1. The van der Waals surface area contributed by atoms with Gasteiger partial charge < -0.3 is 15.9 Å². The highest BCUT2D eigenvalue weighted by molar-refractivity contribution is 5.79. The highest BCUT2D eigenvalue weighted by atomic mass is 19.1. The fourth-order valence-corrected chi connectivity index (χ4v) is 2.15. The van der Waals surface area contributed by atoms with Gasteiger partial charge in [-0.2, -0.15) is 0 Å². The number of hydrogen-bond donors (Lipinski definition) is 3. The molecular weight excluding hydrogens is 307 g/mol. The largest absolute Gasteiger partial charge is 0.395 e. The van der Waals surface area contributed by atoms with Gasteiger partial charge in [0.25, 0.3) is 0 Å². The third-order valence-electron chi connectivity index (χ3n) is 3.27. The Labute approximate surface area is 145 Å². The topological polar surface area (TPSA) is 78.8 Å². The fourth-order valence-electron chi connectivity index (χ4n) is 2.15. The first kappa shape index (κ1) is 22.7. The first-order valence-corrected chi connectivity index (χ1v) is 8.54. The molecule has 0 amide bonds. The van der Waals surface area contributed by atoms with E-state index in [1.54, 1.807) is 18.3 Å². The molecule has 0 aliphatic heterocycles. The van der Waals surface area contributed by atoms with Crippen molar-refractivity contribution in [3.8, 4) is 0 Å². The van der Waals surface area contributed by atoms with E-state index in [4.69, 9.17) is 15.9 Å². The number of hydrogen-bond acceptors (Lipinski definition) is 4. The monoisotopic (exact) mass is 340 g/mol. The molecule has 2 atom stereocenters. The summed E-state index contributed by atoms with van der Waals surface area (Å²) < 4.78 is 12.6. The van der Waals surface area contributed by atoms with Crippen molar-refractivity contribution in [1.29, 1.82) is 0 Å². The summed E-state index contributed by atoms with van der Waals surface area (Å²) in [6, 6.07) is 6.06. The van der Waals surface area contributed by atoms with Crippen molar-refractivity contribution >= 4 is 6.21 Å². The fraction of sp³-hybridized carbons (Fsp3) is 0.632. The number of halogens is 1. The highest BCUT2D eigenvalue weighted by Gasteiger charge is 2.06. The molecule has 1 aromatic carbocycles. The van der Waals surface area contributed by atoms with E-state index in [9.17, 15) is 4.39 Å². The van der Waals surface area contributed by atoms with Gasteiger partial charge in [0.05, 0.1) is 19.3 Å². The molecule has 0 aromatic heterocycles. The summed E-state index contributed by atoms with van der Waals surface area (Å²) in [4.78, 5) is 4.28. The van der Waals surface area contributed by atoms with Gasteiger partial charge in [-0.1, -0.05) is 39.8 Å². The van der Waals surface area contributed by atoms with E-state index in [2.05, 4.69) is 32.7 Å². The predicted molar refractivity (Wildman–Crippen MR) is 98.8 cm³/mol. The van der Waals surface area contributed by atoms with E-state index < -0.39 is 0 Å². The van der Waals surface area contributed by atoms with Crippen LogP contribution in [0.2, 0.25) is 0 Å². The van der Waals surface area contributed by atoms with Crippen LogP contribution in [0.3, 0.4) is 0 Å². The van der Waals surface area contributed by atoms with Gasteiger partial charge in [0.2, 0.25) is 0 Å². The maximum atomic E-state index is 12.6. The molecule has 0 aliphatic rings. The Morgan fingerprint density at radius 3 is 1.92 bits per heavy atom. The maximum absolute atomic E-state index is 12.6. The van der Waals surface area contributed by atoms with Gasteiger partial charge >= 0.3 is 0 Å². The molecule has 1 rings (SSSR count). The summed E-state index contributed by atoms with van der Waals surface area (Å²) in [5.74, 6) is 0.845. The normalized spacial score (nSPS) is 13.9. The second kappa shape index (κ2) is 13.0. The molecule has 0 unspecified atom stereocenters. The van der Waals surface area contributed by atoms with Crippen LogP contribution in [-0.2, 0) is 0 Å². The van der Waals surface area contributed by atoms with Gasteiger partial charge in [-0.05, 0) is 42.4 Å². The van der Waals surface area contributed by atoms with Crippen LogP contribution in [0.1, 0.15) is 46.1 Å². The number of aliphatic imine (C=N–C) groups is 1. The number of nitrogens with zero attached hydrogens (tertiary/aromatic N) is 1. The average molecular weight is 340 g/mol. The average Bonchev–Trinajstić information content (AvgIpc) is 2.52. The summed E-state index contributed by atoms with van der Waals surface area (Å²) in [6.45, 7) is 8.53. The minimum atomic E-state index is -0.252. The molecule has 4 nitrogen and oxygen atoms in total. The number of aliphatic hydroxyl groups excluding tert-OH is 2. The molecule has 5 heteroatoms. The number of benzene rings is 1. The van der Waals surface area contributed by atoms with Crippen LogP contribution >= 0.6 is 0 Å². The zero-order valence-electron chi connectivity index (χ0n) is 15.3. The van der Waals surface area contributed by atoms with Crippen molar-refractivity contribution in [2.75, 3.05) is 13.2 Å². The molecule has 1 aromatic rings. The van der Waals surface area contributed by atoms with E-state index in [1.807, 2.05) is 0 Å². The lowest BCUT2D eigenvalue weighted by Gasteiger charge is -2.11. The third-order valence-corrected chi connectivity index (χ3v) is 3.27. The molecule has 0 spiro atoms. The molecule has 138 valence electrons. The standard InChI is InChI=1S/C13H18FNO.C6H15NO/c1-10(2)7-13(9-16)15-8-11-3-5-12(14)6-4-11;1-5(2)3-6(7)4-8/h3-6,8,10,13,16H,7,9H2,1-2H3;5-6,8H,3-4,7H2,1-2H3/t13-;6-/m00/s1. The van der Waals surface area contributed by atoms with E-state index >= 15 is 0 Å². The maximum Gasteiger partial charge on any atom is 0.123 e. The van der Waals surface area contributed by atoms with Crippen LogP contribution in [0, 0.1) is 17.7 Å². The van der Waals surface area contributed by atoms with Crippen molar-refractivity contribution in [2.24, 2.45) is 22.6 Å². The molecule has 0 radical (unpaired) electrons. The summed E-state index contributed by atoms with van der Waals surface area (Å²) in [6.07, 6.45) is 3.45. The second-order valence-electron chi connectivity index (χ2n) is 6.87. The van der Waals surface area contributed by atoms with Gasteiger partial charge in [-0.25, -0.2) is 4.39 Å². The number of aliphatic hydroxyl groups is 2. The molecule has 0 bridgehead atoms. The Hall–Kier alpha value is -1.30. The quantitative estimate of drug-likeness (QED) is 0.637. The molecule has 0 fully saturated rings. The van der Waals surface area contributed by atoms with E-state index in [-0.39, 0.29) is 31.1 Å². The van der Waals surface area contributed by atoms with Crippen molar-refractivity contribution in [1.82, 2.24) is 0 Å². The predicted octanol–water partition coefficient (Wildman–Crippen LogP) is 3.00. The zero-order valence-corrected chi connectivity index (χ0v) is 15.3. The van der Waals surface area contributed by atoms with E-state index in [0.717, 1.165) is 18.4 Å². The van der Waals surface area contributed by atoms with Gasteiger partial charge in [-0.15, -0.1) is 0 Å². The Kier molecular flexibility index (Phi) is 12.3. The molecule has 0 aliphatic carbocycles. The molecule has 0 saturated carbocycles. The Balaban J connectivity index is 0.000000561. The first-order valence-electron chi connectivity index (χ1n) is 8.54. The van der Waals surface area contributed by atoms with Crippen LogP contribution in [-0.4, -0.2) is 41.7 Å². The summed E-state index contributed by atoms with van der Waals surface area (Å²) in [7, 11) is 0. The molecule has 4 N–H and O–H groups in total. The van der Waals surface area contributed by atoms with Gasteiger partial charge in [0.15, 0.2) is 0 Å². The van der Waals surface area contributed by atoms with Crippen LogP contribution in [0.4, 0.5) is 4.39 Å². The second-order valence-corrected chi connectivity index (χ2v) is 6.87. The third kappa shape index (κ3) is 12.2. The van der Waals surface area contributed by atoms with Crippen molar-refractivity contribution in [2.45, 2.75) is 52.6 Å². The molecule has 24 heavy (non-hydrogen) atoms. The van der Waals surface area contributed by atoms with E-state index in [0.29, 0.717) is 11.8 Å². The van der Waals surface area contributed by atoms with Crippen molar-refractivity contribution < 1.29 is 14.6 Å². The zero-order chi connectivity index (χ0) is 18.5. The highest BCUT2D eigenvalue weighted by Crippen LogP contribution is 2.08. The lowest BCUT2D eigenvalue weighted by molar-refractivity contribution is 0.250. The Bertz CT molecular complexity index is 447. The van der Waals surface area contributed by atoms with Gasteiger partial charge in [0.1, 0.15) is 5.82 Å². The van der Waals surface area contributed by atoms with Crippen molar-refractivity contribution in [3.63, 3.8) is 0 Å². The SMILES string of the molecule is CC(C)C[C@@H](CO)N=Cc1ccc(F)cc1.CC(C)C[C@H](N)CO. The van der Waals surface area contributed by atoms with E-state index in [1.165, 1.54) is 12.1 Å². The van der Waals surface area contributed by atoms with Crippen LogP contribution in [0.5, 0.6) is 0 Å². The minimum Gasteiger partial charge on any atom is -0.395 e. The summed E-state index contributed by atoms with van der Waals surface area (Å²) in [5, 5.41) is 17.6. The summed E-state index contributed by atoms with van der Waals surface area (Å²) in [5.41, 5.74) is 6.27.